The highest BCUT2D eigenvalue weighted by Gasteiger charge is 2.56. The van der Waals surface area contributed by atoms with E-state index in [9.17, 15) is 14.7 Å². The van der Waals surface area contributed by atoms with Gasteiger partial charge < -0.3 is 10.0 Å². The van der Waals surface area contributed by atoms with Gasteiger partial charge in [-0.15, -0.1) is 11.8 Å². The number of aliphatic carboxylic acids is 1. The summed E-state index contributed by atoms with van der Waals surface area (Å²) in [6, 6.07) is -0.755. The normalized spacial score (nSPS) is 27.8. The lowest BCUT2D eigenvalue weighted by atomic mass is 10.0. The van der Waals surface area contributed by atoms with Crippen LogP contribution in [0.1, 0.15) is 34.6 Å². The predicted octanol–water partition coefficient (Wildman–Crippen LogP) is 1.55. The Labute approximate surface area is 94.0 Å². The number of carboxylic acids is 1. The van der Waals surface area contributed by atoms with E-state index < -0.39 is 21.6 Å². The Hall–Kier alpha value is -0.710. The molecule has 0 bridgehead atoms. The number of carbonyl (C=O) groups is 2. The average Bonchev–Trinajstić information content (AvgIpc) is 2.13. The number of hydrogen-bond donors (Lipinski definition) is 1. The minimum absolute atomic E-state index is 0.189. The van der Waals surface area contributed by atoms with E-state index in [1.807, 2.05) is 27.7 Å². The number of carbonyl (C=O) groups excluding carboxylic acids is 1. The molecule has 0 aromatic carbocycles. The van der Waals surface area contributed by atoms with Crippen LogP contribution in [0, 0.1) is 0 Å². The third-order valence-electron chi connectivity index (χ3n) is 2.58. The first-order valence-electron chi connectivity index (χ1n) is 4.82. The number of thioether (sulfide) groups is 1. The summed E-state index contributed by atoms with van der Waals surface area (Å²) in [6.07, 6.45) is 0. The fourth-order valence-corrected chi connectivity index (χ4v) is 4.28. The predicted molar refractivity (Wildman–Crippen MR) is 59.7 cm³/mol. The van der Waals surface area contributed by atoms with Crippen LogP contribution >= 0.6 is 11.8 Å². The molecule has 86 valence electrons. The van der Waals surface area contributed by atoms with Gasteiger partial charge in [-0.1, -0.05) is 0 Å². The topological polar surface area (TPSA) is 57.6 Å². The summed E-state index contributed by atoms with van der Waals surface area (Å²) in [7, 11) is 0. The first-order chi connectivity index (χ1) is 6.59. The highest BCUT2D eigenvalue weighted by molar-refractivity contribution is 8.02. The van der Waals surface area contributed by atoms with Crippen LogP contribution in [0.5, 0.6) is 0 Å². The lowest BCUT2D eigenvalue weighted by molar-refractivity contribution is -0.151. The van der Waals surface area contributed by atoms with Gasteiger partial charge >= 0.3 is 5.97 Å². The van der Waals surface area contributed by atoms with Gasteiger partial charge in [0.15, 0.2) is 0 Å². The zero-order chi connectivity index (χ0) is 12.0. The highest BCUT2D eigenvalue weighted by atomic mass is 32.2. The number of hydrogen-bond acceptors (Lipinski definition) is 3. The quantitative estimate of drug-likeness (QED) is 0.744. The SMILES string of the molecule is CC(=O)N1C(C(=O)O)C(C)(C)SC1(C)C. The van der Waals surface area contributed by atoms with Crippen molar-refractivity contribution in [3.8, 4) is 0 Å². The third-order valence-corrected chi connectivity index (χ3v) is 4.03. The molecule has 1 aliphatic rings. The maximum Gasteiger partial charge on any atom is 0.327 e. The van der Waals surface area contributed by atoms with Gasteiger partial charge in [0.05, 0.1) is 4.87 Å². The van der Waals surface area contributed by atoms with Crippen LogP contribution in [0.3, 0.4) is 0 Å². The molecule has 15 heavy (non-hydrogen) atoms. The van der Waals surface area contributed by atoms with Crippen molar-refractivity contribution in [1.29, 1.82) is 0 Å². The van der Waals surface area contributed by atoms with Crippen molar-refractivity contribution < 1.29 is 14.7 Å². The minimum atomic E-state index is -0.937. The van der Waals surface area contributed by atoms with Gasteiger partial charge in [0.2, 0.25) is 5.91 Å². The van der Waals surface area contributed by atoms with Gasteiger partial charge in [0.25, 0.3) is 0 Å². The monoisotopic (exact) mass is 231 g/mol. The van der Waals surface area contributed by atoms with Gasteiger partial charge in [-0.3, -0.25) is 4.79 Å². The largest absolute Gasteiger partial charge is 0.480 e. The molecule has 1 rings (SSSR count). The van der Waals surface area contributed by atoms with E-state index in [1.165, 1.54) is 23.6 Å². The van der Waals surface area contributed by atoms with Crippen molar-refractivity contribution in [2.75, 3.05) is 0 Å². The van der Waals surface area contributed by atoms with Crippen LogP contribution in [0.25, 0.3) is 0 Å². The molecule has 1 atom stereocenters. The lowest BCUT2D eigenvalue weighted by Crippen LogP contribution is -2.52. The van der Waals surface area contributed by atoms with Crippen LogP contribution in [-0.2, 0) is 9.59 Å². The Balaban J connectivity index is 3.20. The smallest absolute Gasteiger partial charge is 0.327 e. The molecule has 0 spiro atoms. The van der Waals surface area contributed by atoms with Crippen LogP contribution in [0.2, 0.25) is 0 Å². The van der Waals surface area contributed by atoms with Gasteiger partial charge in [0, 0.05) is 11.7 Å². The van der Waals surface area contributed by atoms with E-state index in [-0.39, 0.29) is 5.91 Å². The van der Waals surface area contributed by atoms with E-state index in [1.54, 1.807) is 0 Å². The zero-order valence-corrected chi connectivity index (χ0v) is 10.5. The molecule has 4 nitrogen and oxygen atoms in total. The molecule has 0 aromatic heterocycles. The molecule has 1 heterocycles. The summed E-state index contributed by atoms with van der Waals surface area (Å²) in [5.41, 5.74) is 0. The van der Waals surface area contributed by atoms with Crippen molar-refractivity contribution in [3.05, 3.63) is 0 Å². The molecule has 1 fully saturated rings. The Morgan fingerprint density at radius 2 is 1.73 bits per heavy atom. The average molecular weight is 231 g/mol. The molecule has 1 amide bonds. The molecule has 1 saturated heterocycles. The summed E-state index contributed by atoms with van der Waals surface area (Å²) in [6.45, 7) is 8.90. The zero-order valence-electron chi connectivity index (χ0n) is 9.70. The number of nitrogens with zero attached hydrogens (tertiary/aromatic N) is 1. The Kier molecular flexibility index (Phi) is 2.80. The Bertz CT molecular complexity index is 282. The lowest BCUT2D eigenvalue weighted by Gasteiger charge is -2.32. The summed E-state index contributed by atoms with van der Waals surface area (Å²) in [5.74, 6) is -1.13. The van der Waals surface area contributed by atoms with E-state index in [2.05, 4.69) is 0 Å². The molecule has 0 saturated carbocycles. The second-order valence-corrected chi connectivity index (χ2v) is 7.04. The molecule has 0 aliphatic carbocycles. The second-order valence-electron chi connectivity index (χ2n) is 4.78. The Morgan fingerprint density at radius 3 is 2.00 bits per heavy atom. The first-order valence-corrected chi connectivity index (χ1v) is 5.64. The van der Waals surface area contributed by atoms with E-state index >= 15 is 0 Å². The van der Waals surface area contributed by atoms with Crippen LogP contribution < -0.4 is 0 Å². The van der Waals surface area contributed by atoms with Crippen LogP contribution in [0.4, 0.5) is 0 Å². The van der Waals surface area contributed by atoms with Crippen molar-refractivity contribution in [1.82, 2.24) is 4.90 Å². The fourth-order valence-electron chi connectivity index (χ4n) is 2.34. The van der Waals surface area contributed by atoms with E-state index in [0.717, 1.165) is 0 Å². The maximum atomic E-state index is 11.5. The number of carboxylic acid groups (broad SMARTS) is 1. The summed E-state index contributed by atoms with van der Waals surface area (Å²) < 4.78 is -0.457. The maximum absolute atomic E-state index is 11.5. The van der Waals surface area contributed by atoms with Gasteiger partial charge in [0.1, 0.15) is 6.04 Å². The molecular formula is C10H17NO3S. The highest BCUT2D eigenvalue weighted by Crippen LogP contribution is 2.50. The van der Waals surface area contributed by atoms with E-state index in [0.29, 0.717) is 0 Å². The van der Waals surface area contributed by atoms with Gasteiger partial charge in [-0.05, 0) is 27.7 Å². The van der Waals surface area contributed by atoms with Crippen molar-refractivity contribution in [2.24, 2.45) is 0 Å². The summed E-state index contributed by atoms with van der Waals surface area (Å²) >= 11 is 1.52. The van der Waals surface area contributed by atoms with Gasteiger partial charge in [-0.25, -0.2) is 4.79 Å². The minimum Gasteiger partial charge on any atom is -0.480 e. The van der Waals surface area contributed by atoms with Crippen LogP contribution in [-0.4, -0.2) is 37.5 Å². The van der Waals surface area contributed by atoms with Crippen LogP contribution in [0.15, 0.2) is 0 Å². The molecule has 1 aliphatic heterocycles. The fraction of sp³-hybridized carbons (Fsp3) is 0.800. The van der Waals surface area contributed by atoms with E-state index in [4.69, 9.17) is 0 Å². The molecule has 5 heteroatoms. The second kappa shape index (κ2) is 3.40. The molecular weight excluding hydrogens is 214 g/mol. The first kappa shape index (κ1) is 12.4. The van der Waals surface area contributed by atoms with Crippen molar-refractivity contribution >= 4 is 23.6 Å². The number of amides is 1. The molecule has 0 aromatic rings. The molecule has 1 unspecified atom stereocenters. The summed E-state index contributed by atoms with van der Waals surface area (Å²) in [4.78, 5) is 23.7. The summed E-state index contributed by atoms with van der Waals surface area (Å²) in [5, 5.41) is 9.19. The number of rotatable bonds is 1. The molecule has 1 N–H and O–H groups in total. The van der Waals surface area contributed by atoms with Crippen molar-refractivity contribution in [2.45, 2.75) is 50.3 Å². The van der Waals surface area contributed by atoms with Gasteiger partial charge in [-0.2, -0.15) is 0 Å². The van der Waals surface area contributed by atoms with Crippen molar-refractivity contribution in [3.63, 3.8) is 0 Å². The molecule has 0 radical (unpaired) electrons. The third kappa shape index (κ3) is 1.97. The Morgan fingerprint density at radius 1 is 1.27 bits per heavy atom. The standard InChI is InChI=1S/C10H17NO3S/c1-6(12)11-7(8(13)14)9(2,3)15-10(11,4)5/h7H,1-5H3,(H,13,14).